The predicted octanol–water partition coefficient (Wildman–Crippen LogP) is 2.75. The fourth-order valence-electron chi connectivity index (χ4n) is 1.42. The van der Waals surface area contributed by atoms with Crippen LogP contribution >= 0.6 is 34.9 Å². The number of rotatable bonds is 2. The first-order valence-corrected chi connectivity index (χ1v) is 7.58. The van der Waals surface area contributed by atoms with Gasteiger partial charge in [0.15, 0.2) is 5.69 Å². The number of thiazole rings is 1. The third-order valence-electron chi connectivity index (χ3n) is 2.17. The number of aromatic carboxylic acids is 1. The summed E-state index contributed by atoms with van der Waals surface area (Å²) in [6.45, 7) is 2.18. The van der Waals surface area contributed by atoms with Crippen molar-refractivity contribution in [2.45, 2.75) is 17.4 Å². The lowest BCUT2D eigenvalue weighted by molar-refractivity contribution is 0.0691. The maximum Gasteiger partial charge on any atom is 0.355 e. The molecular formula is C9H11NO2S3. The van der Waals surface area contributed by atoms with Crippen molar-refractivity contribution in [3.8, 4) is 0 Å². The van der Waals surface area contributed by atoms with Crippen LogP contribution in [0.2, 0.25) is 0 Å². The number of carboxylic acid groups (broad SMARTS) is 1. The Kier molecular flexibility index (Phi) is 3.58. The average Bonchev–Trinajstić information content (AvgIpc) is 2.67. The first-order valence-electron chi connectivity index (χ1n) is 4.60. The van der Waals surface area contributed by atoms with E-state index in [1.54, 1.807) is 5.38 Å². The first-order chi connectivity index (χ1) is 7.18. The molecule has 1 N–H and O–H groups in total. The monoisotopic (exact) mass is 261 g/mol. The second-order valence-corrected chi connectivity index (χ2v) is 6.87. The molecule has 0 aromatic carbocycles. The Morgan fingerprint density at radius 1 is 1.53 bits per heavy atom. The summed E-state index contributed by atoms with van der Waals surface area (Å²) in [4.78, 5) is 14.9. The molecule has 1 aliphatic heterocycles. The van der Waals surface area contributed by atoms with Gasteiger partial charge in [-0.05, 0) is 0 Å². The second-order valence-electron chi connectivity index (χ2n) is 3.24. The molecule has 2 heterocycles. The summed E-state index contributed by atoms with van der Waals surface area (Å²) in [5.41, 5.74) is 0.179. The van der Waals surface area contributed by atoms with E-state index in [1.807, 2.05) is 23.5 Å². The van der Waals surface area contributed by atoms with Gasteiger partial charge in [-0.3, -0.25) is 0 Å². The van der Waals surface area contributed by atoms with Crippen LogP contribution in [0.5, 0.6) is 0 Å². The molecule has 3 nitrogen and oxygen atoms in total. The summed E-state index contributed by atoms with van der Waals surface area (Å²) < 4.78 is 0. The number of hydrogen-bond acceptors (Lipinski definition) is 5. The highest BCUT2D eigenvalue weighted by atomic mass is 32.2. The SMILES string of the molecule is CC1SCCSC1c1nc(C(=O)O)cs1. The smallest absolute Gasteiger partial charge is 0.355 e. The third-order valence-corrected chi connectivity index (χ3v) is 6.35. The van der Waals surface area contributed by atoms with E-state index in [2.05, 4.69) is 11.9 Å². The van der Waals surface area contributed by atoms with Crippen LogP contribution in [-0.2, 0) is 0 Å². The van der Waals surface area contributed by atoms with E-state index in [1.165, 1.54) is 17.1 Å². The van der Waals surface area contributed by atoms with Gasteiger partial charge in [-0.25, -0.2) is 9.78 Å². The Hall–Kier alpha value is -0.200. The van der Waals surface area contributed by atoms with Gasteiger partial charge in [0.05, 0.1) is 5.25 Å². The summed E-state index contributed by atoms with van der Waals surface area (Å²) in [6, 6.07) is 0. The molecule has 0 radical (unpaired) electrons. The van der Waals surface area contributed by atoms with Crippen molar-refractivity contribution in [3.63, 3.8) is 0 Å². The van der Waals surface area contributed by atoms with E-state index >= 15 is 0 Å². The molecule has 82 valence electrons. The normalized spacial score (nSPS) is 26.5. The molecule has 15 heavy (non-hydrogen) atoms. The zero-order valence-electron chi connectivity index (χ0n) is 8.17. The number of nitrogens with zero attached hydrogens (tertiary/aromatic N) is 1. The highest BCUT2D eigenvalue weighted by Crippen LogP contribution is 2.43. The maximum atomic E-state index is 10.7. The number of carboxylic acids is 1. The Morgan fingerprint density at radius 2 is 2.27 bits per heavy atom. The summed E-state index contributed by atoms with van der Waals surface area (Å²) in [7, 11) is 0. The van der Waals surface area contributed by atoms with Crippen LogP contribution in [0.3, 0.4) is 0 Å². The number of thioether (sulfide) groups is 2. The van der Waals surface area contributed by atoms with Gasteiger partial charge in [-0.1, -0.05) is 6.92 Å². The van der Waals surface area contributed by atoms with Gasteiger partial charge >= 0.3 is 5.97 Å². The quantitative estimate of drug-likeness (QED) is 0.887. The van der Waals surface area contributed by atoms with Gasteiger partial charge in [0.25, 0.3) is 0 Å². The number of carbonyl (C=O) groups is 1. The Balaban J connectivity index is 2.17. The molecule has 1 aromatic heterocycles. The zero-order chi connectivity index (χ0) is 10.8. The standard InChI is InChI=1S/C9H11NO2S3/c1-5-7(14-3-2-13-5)8-10-6(4-15-8)9(11)12/h4-5,7H,2-3H2,1H3,(H,11,12). The molecule has 1 fully saturated rings. The summed E-state index contributed by atoms with van der Waals surface area (Å²) in [5, 5.41) is 12.3. The van der Waals surface area contributed by atoms with Crippen molar-refractivity contribution < 1.29 is 9.90 Å². The van der Waals surface area contributed by atoms with Gasteiger partial charge in [0, 0.05) is 22.1 Å². The van der Waals surface area contributed by atoms with Gasteiger partial charge in [-0.15, -0.1) is 23.1 Å². The minimum Gasteiger partial charge on any atom is -0.476 e. The van der Waals surface area contributed by atoms with Gasteiger partial charge < -0.3 is 5.11 Å². The zero-order valence-corrected chi connectivity index (χ0v) is 10.6. The summed E-state index contributed by atoms with van der Waals surface area (Å²) >= 11 is 5.28. The minimum atomic E-state index is -0.932. The van der Waals surface area contributed by atoms with E-state index in [4.69, 9.17) is 5.11 Å². The van der Waals surface area contributed by atoms with Crippen molar-refractivity contribution in [2.24, 2.45) is 0 Å². The molecule has 1 aliphatic rings. The lowest BCUT2D eigenvalue weighted by Gasteiger charge is -2.25. The van der Waals surface area contributed by atoms with Crippen molar-refractivity contribution >= 4 is 40.8 Å². The Bertz CT molecular complexity index is 366. The van der Waals surface area contributed by atoms with Crippen LogP contribution in [0.1, 0.15) is 27.7 Å². The Morgan fingerprint density at radius 3 is 2.87 bits per heavy atom. The number of hydrogen-bond donors (Lipinski definition) is 1. The number of aromatic nitrogens is 1. The van der Waals surface area contributed by atoms with Crippen LogP contribution in [0.25, 0.3) is 0 Å². The fourth-order valence-corrected chi connectivity index (χ4v) is 5.39. The summed E-state index contributed by atoms with van der Waals surface area (Å²) in [5.74, 6) is 1.37. The van der Waals surface area contributed by atoms with Crippen LogP contribution in [0.15, 0.2) is 5.38 Å². The summed E-state index contributed by atoms with van der Waals surface area (Å²) in [6.07, 6.45) is 0. The third kappa shape index (κ3) is 2.49. The fraction of sp³-hybridized carbons (Fsp3) is 0.556. The molecule has 2 rings (SSSR count). The van der Waals surface area contributed by atoms with Crippen molar-refractivity contribution in [1.82, 2.24) is 4.98 Å². The maximum absolute atomic E-state index is 10.7. The van der Waals surface area contributed by atoms with E-state index in [0.717, 1.165) is 10.8 Å². The lowest BCUT2D eigenvalue weighted by atomic mass is 10.3. The molecule has 1 saturated heterocycles. The topological polar surface area (TPSA) is 50.2 Å². The van der Waals surface area contributed by atoms with Crippen molar-refractivity contribution in [2.75, 3.05) is 11.5 Å². The average molecular weight is 261 g/mol. The largest absolute Gasteiger partial charge is 0.476 e. The van der Waals surface area contributed by atoms with E-state index in [-0.39, 0.29) is 5.69 Å². The molecular weight excluding hydrogens is 250 g/mol. The van der Waals surface area contributed by atoms with Crippen molar-refractivity contribution in [1.29, 1.82) is 0 Å². The Labute approximate surface area is 101 Å². The van der Waals surface area contributed by atoms with Crippen LogP contribution in [0.4, 0.5) is 0 Å². The van der Waals surface area contributed by atoms with E-state index < -0.39 is 5.97 Å². The molecule has 0 aliphatic carbocycles. The minimum absolute atomic E-state index is 0.179. The molecule has 6 heteroatoms. The molecule has 1 aromatic rings. The predicted molar refractivity (Wildman–Crippen MR) is 66.2 cm³/mol. The van der Waals surface area contributed by atoms with Crippen molar-refractivity contribution in [3.05, 3.63) is 16.1 Å². The molecule has 0 amide bonds. The van der Waals surface area contributed by atoms with Gasteiger partial charge in [-0.2, -0.15) is 11.8 Å². The van der Waals surface area contributed by atoms with Crippen LogP contribution < -0.4 is 0 Å². The van der Waals surface area contributed by atoms with E-state index in [9.17, 15) is 4.79 Å². The molecule has 0 spiro atoms. The van der Waals surface area contributed by atoms with Gasteiger partial charge in [0.2, 0.25) is 0 Å². The van der Waals surface area contributed by atoms with Crippen LogP contribution in [-0.4, -0.2) is 32.8 Å². The second kappa shape index (κ2) is 4.76. The highest BCUT2D eigenvalue weighted by molar-refractivity contribution is 8.06. The van der Waals surface area contributed by atoms with Crippen LogP contribution in [0, 0.1) is 0 Å². The highest BCUT2D eigenvalue weighted by Gasteiger charge is 2.27. The molecule has 0 saturated carbocycles. The molecule has 2 unspecified atom stereocenters. The molecule has 0 bridgehead atoms. The first kappa shape index (κ1) is 11.3. The van der Waals surface area contributed by atoms with E-state index in [0.29, 0.717) is 10.5 Å². The van der Waals surface area contributed by atoms with Gasteiger partial charge in [0.1, 0.15) is 5.01 Å². The lowest BCUT2D eigenvalue weighted by Crippen LogP contribution is -2.15. The molecule has 2 atom stereocenters.